The van der Waals surface area contributed by atoms with E-state index in [1.165, 1.54) is 32.2 Å². The number of benzene rings is 2. The zero-order valence-corrected chi connectivity index (χ0v) is 28.0. The second-order valence-corrected chi connectivity index (χ2v) is 13.0. The zero-order chi connectivity index (χ0) is 37.6. The molecule has 2 aromatic rings. The van der Waals surface area contributed by atoms with Gasteiger partial charge in [-0.3, -0.25) is 33.7 Å². The SMILES string of the molecule is COc1cccc2c1C(=O)c1c(O)c3c(c(O)c1C2=O)C[C@@](O)(C(=O)CO)C[C@@H]3OC1CC(NOC(=O)CCCN2C(=O)C=CC2=O)C(O)C(C)O1. The summed E-state index contributed by atoms with van der Waals surface area (Å²) in [6.45, 7) is 0.388. The van der Waals surface area contributed by atoms with Gasteiger partial charge in [0.25, 0.3) is 11.8 Å². The number of fused-ring (bicyclic) bond motifs is 3. The number of aromatic hydroxyl groups is 2. The third-order valence-electron chi connectivity index (χ3n) is 9.75. The Bertz CT molecular complexity index is 1890. The van der Waals surface area contributed by atoms with Gasteiger partial charge in [0, 0.05) is 61.1 Å². The lowest BCUT2D eigenvalue weighted by molar-refractivity contribution is -0.256. The molecule has 6 rings (SSSR count). The van der Waals surface area contributed by atoms with Gasteiger partial charge in [0.1, 0.15) is 29.5 Å². The number of phenols is 2. The van der Waals surface area contributed by atoms with Crippen LogP contribution in [0.3, 0.4) is 0 Å². The van der Waals surface area contributed by atoms with Crippen molar-refractivity contribution in [3.05, 3.63) is 63.7 Å². The van der Waals surface area contributed by atoms with Gasteiger partial charge in [0.05, 0.1) is 48.2 Å². The molecule has 6 N–H and O–H groups in total. The number of amides is 2. The molecule has 52 heavy (non-hydrogen) atoms. The van der Waals surface area contributed by atoms with E-state index in [1.807, 2.05) is 0 Å². The van der Waals surface area contributed by atoms with Crippen molar-refractivity contribution < 1.29 is 73.3 Å². The predicted molar refractivity (Wildman–Crippen MR) is 172 cm³/mol. The Hall–Kier alpha value is -5.04. The summed E-state index contributed by atoms with van der Waals surface area (Å²) in [5, 5.41) is 55.2. The monoisotopic (exact) mass is 724 g/mol. The van der Waals surface area contributed by atoms with Gasteiger partial charge in [-0.25, -0.2) is 0 Å². The highest BCUT2D eigenvalue weighted by Gasteiger charge is 2.50. The summed E-state index contributed by atoms with van der Waals surface area (Å²) < 4.78 is 17.3. The van der Waals surface area contributed by atoms with Crippen LogP contribution in [0.5, 0.6) is 17.2 Å². The van der Waals surface area contributed by atoms with Crippen molar-refractivity contribution in [3.8, 4) is 17.2 Å². The standard InChI is InChI=1S/C35H36N2O15/c1-15-30(43)18(36-52-24(42)7-4-10-37-22(40)8-9-23(37)41)11-25(50-15)51-20-13-35(48,21(39)14-38)12-17-27(20)34(47)29-28(32(17)45)31(44)16-5-3-6-19(49-2)26(16)33(29)46/h3,5-6,8-9,15,18,20,25,30,36,38,43,45,47-48H,4,7,10-14H2,1-2H3/t15?,18?,20-,25?,30?,35-/m0/s1. The number of carbonyl (C=O) groups is 6. The Morgan fingerprint density at radius 1 is 1.04 bits per heavy atom. The number of hydrogen-bond donors (Lipinski definition) is 6. The maximum absolute atomic E-state index is 13.9. The fraction of sp³-hybridized carbons (Fsp3) is 0.429. The summed E-state index contributed by atoms with van der Waals surface area (Å²) in [4.78, 5) is 82.4. The number of aliphatic hydroxyl groups excluding tert-OH is 2. The maximum Gasteiger partial charge on any atom is 0.324 e. The van der Waals surface area contributed by atoms with Gasteiger partial charge >= 0.3 is 5.97 Å². The number of ketones is 3. The van der Waals surface area contributed by atoms with E-state index in [9.17, 15) is 54.3 Å². The van der Waals surface area contributed by atoms with Crippen LogP contribution in [0, 0.1) is 0 Å². The van der Waals surface area contributed by atoms with E-state index in [2.05, 4.69) is 5.48 Å². The van der Waals surface area contributed by atoms with Crippen molar-refractivity contribution in [1.82, 2.24) is 10.4 Å². The minimum atomic E-state index is -2.36. The van der Waals surface area contributed by atoms with Crippen molar-refractivity contribution in [2.24, 2.45) is 0 Å². The fourth-order valence-corrected chi connectivity index (χ4v) is 7.06. The Kier molecular flexibility index (Phi) is 10.0. The Labute approximate surface area is 295 Å². The average Bonchev–Trinajstić information content (AvgIpc) is 3.44. The maximum atomic E-state index is 13.9. The van der Waals surface area contributed by atoms with Crippen LogP contribution in [0.4, 0.5) is 0 Å². The van der Waals surface area contributed by atoms with Crippen LogP contribution in [0.25, 0.3) is 0 Å². The molecule has 4 aliphatic rings. The predicted octanol–water partition coefficient (Wildman–Crippen LogP) is -0.204. The number of nitrogens with one attached hydrogen (secondary N) is 1. The van der Waals surface area contributed by atoms with Crippen LogP contribution >= 0.6 is 0 Å². The number of hydroxylamine groups is 1. The number of phenolic OH excluding ortho intramolecular Hbond substituents is 2. The van der Waals surface area contributed by atoms with Gasteiger partial charge in [-0.2, -0.15) is 0 Å². The first-order chi connectivity index (χ1) is 24.7. The van der Waals surface area contributed by atoms with Crippen LogP contribution in [0.15, 0.2) is 30.4 Å². The molecule has 2 aromatic carbocycles. The molecular weight excluding hydrogens is 688 g/mol. The summed E-state index contributed by atoms with van der Waals surface area (Å²) in [7, 11) is 1.29. The Morgan fingerprint density at radius 3 is 2.40 bits per heavy atom. The number of Topliss-reactive ketones (excluding diaryl/α,β-unsaturated/α-hetero) is 1. The summed E-state index contributed by atoms with van der Waals surface area (Å²) >= 11 is 0. The highest BCUT2D eigenvalue weighted by atomic mass is 16.7. The molecule has 17 nitrogen and oxygen atoms in total. The zero-order valence-electron chi connectivity index (χ0n) is 28.0. The first-order valence-corrected chi connectivity index (χ1v) is 16.4. The number of nitrogens with zero attached hydrogens (tertiary/aromatic N) is 1. The lowest BCUT2D eigenvalue weighted by atomic mass is 9.72. The van der Waals surface area contributed by atoms with E-state index in [-0.39, 0.29) is 53.8 Å². The van der Waals surface area contributed by atoms with Crippen molar-refractivity contribution in [3.63, 3.8) is 0 Å². The molecule has 2 amide bonds. The minimum Gasteiger partial charge on any atom is -0.507 e. The van der Waals surface area contributed by atoms with Crippen LogP contribution < -0.4 is 10.2 Å². The summed E-state index contributed by atoms with van der Waals surface area (Å²) in [6.07, 6.45) is -4.25. The van der Waals surface area contributed by atoms with Gasteiger partial charge in [-0.05, 0) is 19.4 Å². The lowest BCUT2D eigenvalue weighted by Gasteiger charge is -2.42. The molecule has 2 aliphatic heterocycles. The first kappa shape index (κ1) is 36.7. The number of rotatable bonds is 11. The second kappa shape index (κ2) is 14.2. The van der Waals surface area contributed by atoms with Crippen molar-refractivity contribution >= 4 is 35.1 Å². The van der Waals surface area contributed by atoms with Crippen LogP contribution in [0.2, 0.25) is 0 Å². The molecule has 1 fully saturated rings. The molecule has 2 heterocycles. The molecule has 0 radical (unpaired) electrons. The molecule has 0 bridgehead atoms. The molecule has 17 heteroatoms. The number of imide groups is 1. The first-order valence-electron chi connectivity index (χ1n) is 16.4. The van der Waals surface area contributed by atoms with E-state index in [1.54, 1.807) is 0 Å². The Balaban J connectivity index is 1.26. The van der Waals surface area contributed by atoms with Gasteiger partial charge in [-0.15, -0.1) is 5.48 Å². The average molecular weight is 725 g/mol. The van der Waals surface area contributed by atoms with Crippen molar-refractivity contribution in [2.45, 2.75) is 75.3 Å². The largest absolute Gasteiger partial charge is 0.507 e. The van der Waals surface area contributed by atoms with E-state index in [0.29, 0.717) is 0 Å². The van der Waals surface area contributed by atoms with E-state index in [4.69, 9.17) is 19.0 Å². The summed E-state index contributed by atoms with van der Waals surface area (Å²) in [5.41, 5.74) is -1.70. The molecule has 0 saturated carbocycles. The van der Waals surface area contributed by atoms with Gasteiger partial charge in [0.2, 0.25) is 5.78 Å². The number of methoxy groups -OCH3 is 1. The molecule has 1 saturated heterocycles. The van der Waals surface area contributed by atoms with Gasteiger partial charge in [0.15, 0.2) is 17.9 Å². The fourth-order valence-electron chi connectivity index (χ4n) is 7.06. The highest BCUT2D eigenvalue weighted by molar-refractivity contribution is 6.31. The Morgan fingerprint density at radius 2 is 1.73 bits per heavy atom. The minimum absolute atomic E-state index is 0.00791. The van der Waals surface area contributed by atoms with Gasteiger partial charge < -0.3 is 44.6 Å². The third-order valence-corrected chi connectivity index (χ3v) is 9.75. The summed E-state index contributed by atoms with van der Waals surface area (Å²) in [6, 6.07) is 3.27. The van der Waals surface area contributed by atoms with Crippen molar-refractivity contribution in [1.29, 1.82) is 0 Å². The van der Waals surface area contributed by atoms with Crippen LogP contribution in [0.1, 0.15) is 81.7 Å². The molecular formula is C35H36N2O15. The number of hydrogen-bond acceptors (Lipinski definition) is 16. The van der Waals surface area contributed by atoms with Crippen molar-refractivity contribution in [2.75, 3.05) is 20.3 Å². The molecule has 276 valence electrons. The lowest BCUT2D eigenvalue weighted by Crippen LogP contribution is -2.55. The molecule has 6 atom stereocenters. The van der Waals surface area contributed by atoms with Crippen LogP contribution in [-0.2, 0) is 39.9 Å². The van der Waals surface area contributed by atoms with Crippen LogP contribution in [-0.4, -0.2) is 116 Å². The van der Waals surface area contributed by atoms with E-state index < -0.39 is 113 Å². The number of aliphatic hydroxyl groups is 3. The van der Waals surface area contributed by atoms with E-state index in [0.717, 1.165) is 17.1 Å². The highest BCUT2D eigenvalue weighted by Crippen LogP contribution is 2.52. The summed E-state index contributed by atoms with van der Waals surface area (Å²) in [5.74, 6) is -5.92. The topological polar surface area (TPSA) is 256 Å². The number of ether oxygens (including phenoxy) is 3. The second-order valence-electron chi connectivity index (χ2n) is 13.0. The molecule has 2 aliphatic carbocycles. The van der Waals surface area contributed by atoms with Gasteiger partial charge in [-0.1, -0.05) is 12.1 Å². The van der Waals surface area contributed by atoms with E-state index >= 15 is 0 Å². The normalized spacial score (nSPS) is 26.6. The smallest absolute Gasteiger partial charge is 0.324 e. The number of carbonyl (C=O) groups excluding carboxylic acids is 6. The third kappa shape index (κ3) is 6.35. The molecule has 0 aromatic heterocycles. The quantitative estimate of drug-likeness (QED) is 0.0850. The molecule has 0 spiro atoms. The molecule has 4 unspecified atom stereocenters.